The zero-order valence-electron chi connectivity index (χ0n) is 13.7. The molecule has 0 spiro atoms. The Kier molecular flexibility index (Phi) is 5.87. The predicted molar refractivity (Wildman–Crippen MR) is 88.6 cm³/mol. The molecule has 2 heterocycles. The summed E-state index contributed by atoms with van der Waals surface area (Å²) in [5.41, 5.74) is 0. The number of urea groups is 1. The fraction of sp³-hybridized carbons (Fsp3) is 0.750. The Morgan fingerprint density at radius 1 is 1.26 bits per heavy atom. The van der Waals surface area contributed by atoms with Crippen LogP contribution in [0.3, 0.4) is 0 Å². The Labute approximate surface area is 137 Å². The van der Waals surface area contributed by atoms with Crippen LogP contribution in [0, 0.1) is 0 Å². The van der Waals surface area contributed by atoms with Gasteiger partial charge in [0.1, 0.15) is 5.82 Å². The van der Waals surface area contributed by atoms with Gasteiger partial charge in [0.15, 0.2) is 0 Å². The number of aromatic nitrogens is 2. The van der Waals surface area contributed by atoms with Crippen molar-refractivity contribution < 1.29 is 9.53 Å². The van der Waals surface area contributed by atoms with Gasteiger partial charge in [-0.3, -0.25) is 10.2 Å². The van der Waals surface area contributed by atoms with E-state index in [9.17, 15) is 4.79 Å². The van der Waals surface area contributed by atoms with Crippen molar-refractivity contribution >= 4 is 11.8 Å². The number of carbonyl (C=O) groups excluding carboxylic acids is 1. The van der Waals surface area contributed by atoms with Crippen molar-refractivity contribution in [1.82, 2.24) is 20.0 Å². The molecule has 0 bridgehead atoms. The number of anilines is 1. The van der Waals surface area contributed by atoms with Gasteiger partial charge in [0, 0.05) is 32.2 Å². The number of carbonyl (C=O) groups is 1. The zero-order chi connectivity index (χ0) is 15.9. The number of rotatable bonds is 5. The van der Waals surface area contributed by atoms with E-state index in [0.717, 1.165) is 51.5 Å². The second kappa shape index (κ2) is 8.31. The van der Waals surface area contributed by atoms with Gasteiger partial charge < -0.3 is 10.1 Å². The minimum Gasteiger partial charge on any atom is -0.379 e. The molecule has 0 atom stereocenters. The van der Waals surface area contributed by atoms with Crippen molar-refractivity contribution in [3.8, 4) is 0 Å². The van der Waals surface area contributed by atoms with Gasteiger partial charge in [-0.25, -0.2) is 9.48 Å². The molecule has 2 N–H and O–H groups in total. The van der Waals surface area contributed by atoms with Crippen LogP contribution in [0.1, 0.15) is 38.1 Å². The highest BCUT2D eigenvalue weighted by atomic mass is 16.5. The lowest BCUT2D eigenvalue weighted by Crippen LogP contribution is -2.42. The molecule has 1 aliphatic heterocycles. The average Bonchev–Trinajstić information content (AvgIpc) is 3.05. The Morgan fingerprint density at radius 3 is 2.83 bits per heavy atom. The first-order valence-electron chi connectivity index (χ1n) is 8.71. The molecule has 1 saturated carbocycles. The lowest BCUT2D eigenvalue weighted by molar-refractivity contribution is 0.0388. The van der Waals surface area contributed by atoms with Crippen LogP contribution < -0.4 is 10.6 Å². The van der Waals surface area contributed by atoms with Crippen LogP contribution >= 0.6 is 0 Å². The lowest BCUT2D eigenvalue weighted by atomic mass is 9.96. The fourth-order valence-electron chi connectivity index (χ4n) is 3.34. The molecule has 0 radical (unpaired) electrons. The van der Waals surface area contributed by atoms with Gasteiger partial charge in [0.25, 0.3) is 0 Å². The van der Waals surface area contributed by atoms with Gasteiger partial charge in [-0.1, -0.05) is 19.3 Å². The molecular formula is C16H27N5O2. The highest BCUT2D eigenvalue weighted by molar-refractivity contribution is 5.88. The van der Waals surface area contributed by atoms with Gasteiger partial charge in [-0.2, -0.15) is 5.10 Å². The van der Waals surface area contributed by atoms with Crippen molar-refractivity contribution in [3.63, 3.8) is 0 Å². The summed E-state index contributed by atoms with van der Waals surface area (Å²) in [4.78, 5) is 14.4. The normalized spacial score (nSPS) is 20.3. The van der Waals surface area contributed by atoms with E-state index in [4.69, 9.17) is 4.74 Å². The number of hydrogen-bond donors (Lipinski definition) is 2. The maximum Gasteiger partial charge on any atom is 0.320 e. The number of ether oxygens (including phenoxy) is 1. The monoisotopic (exact) mass is 321 g/mol. The topological polar surface area (TPSA) is 71.4 Å². The Balaban J connectivity index is 1.43. The van der Waals surface area contributed by atoms with E-state index in [2.05, 4.69) is 20.6 Å². The van der Waals surface area contributed by atoms with E-state index in [-0.39, 0.29) is 6.03 Å². The molecule has 2 aliphatic rings. The third kappa shape index (κ3) is 4.68. The number of hydrogen-bond acceptors (Lipinski definition) is 4. The highest BCUT2D eigenvalue weighted by Gasteiger charge is 2.19. The number of amides is 2. The van der Waals surface area contributed by atoms with E-state index >= 15 is 0 Å². The van der Waals surface area contributed by atoms with E-state index in [1.54, 1.807) is 6.20 Å². The van der Waals surface area contributed by atoms with Crippen LogP contribution in [-0.2, 0) is 4.74 Å². The van der Waals surface area contributed by atoms with E-state index in [1.807, 2.05) is 10.7 Å². The van der Waals surface area contributed by atoms with Crippen molar-refractivity contribution in [2.45, 2.75) is 38.1 Å². The van der Waals surface area contributed by atoms with Gasteiger partial charge >= 0.3 is 6.03 Å². The summed E-state index contributed by atoms with van der Waals surface area (Å²) in [6.45, 7) is 4.96. The summed E-state index contributed by atoms with van der Waals surface area (Å²) in [6, 6.07) is 2.13. The molecule has 1 aromatic heterocycles. The number of nitrogens with zero attached hydrogens (tertiary/aromatic N) is 3. The van der Waals surface area contributed by atoms with Crippen molar-refractivity contribution in [2.24, 2.45) is 0 Å². The minimum atomic E-state index is -0.157. The van der Waals surface area contributed by atoms with Gasteiger partial charge in [-0.15, -0.1) is 0 Å². The summed E-state index contributed by atoms with van der Waals surface area (Å²) in [5, 5.41) is 10.3. The summed E-state index contributed by atoms with van der Waals surface area (Å²) in [6.07, 6.45) is 7.86. The van der Waals surface area contributed by atoms with Gasteiger partial charge in [0.05, 0.1) is 25.5 Å². The molecule has 128 valence electrons. The maximum atomic E-state index is 12.1. The van der Waals surface area contributed by atoms with Crippen LogP contribution in [0.2, 0.25) is 0 Å². The van der Waals surface area contributed by atoms with Crippen LogP contribution in [0.4, 0.5) is 10.6 Å². The van der Waals surface area contributed by atoms with Crippen LogP contribution in [0.15, 0.2) is 12.3 Å². The average molecular weight is 321 g/mol. The van der Waals surface area contributed by atoms with Crippen LogP contribution in [0.25, 0.3) is 0 Å². The third-order valence-corrected chi connectivity index (χ3v) is 4.65. The van der Waals surface area contributed by atoms with Crippen LogP contribution in [-0.4, -0.2) is 60.1 Å². The Hall–Kier alpha value is -1.60. The van der Waals surface area contributed by atoms with E-state index < -0.39 is 0 Å². The molecule has 2 fully saturated rings. The zero-order valence-corrected chi connectivity index (χ0v) is 13.7. The molecule has 3 rings (SSSR count). The predicted octanol–water partition coefficient (Wildman–Crippen LogP) is 1.84. The minimum absolute atomic E-state index is 0.157. The van der Waals surface area contributed by atoms with Gasteiger partial charge in [-0.05, 0) is 12.8 Å². The second-order valence-electron chi connectivity index (χ2n) is 6.29. The first-order chi connectivity index (χ1) is 11.3. The summed E-state index contributed by atoms with van der Waals surface area (Å²) in [5.74, 6) is 0.792. The van der Waals surface area contributed by atoms with Crippen molar-refractivity contribution in [1.29, 1.82) is 0 Å². The second-order valence-corrected chi connectivity index (χ2v) is 6.29. The van der Waals surface area contributed by atoms with Crippen molar-refractivity contribution in [2.75, 3.05) is 44.7 Å². The molecule has 7 nitrogen and oxygen atoms in total. The first-order valence-corrected chi connectivity index (χ1v) is 8.71. The summed E-state index contributed by atoms with van der Waals surface area (Å²) < 4.78 is 7.29. The molecule has 1 aromatic rings. The van der Waals surface area contributed by atoms with Crippen molar-refractivity contribution in [3.05, 3.63) is 12.3 Å². The Bertz CT molecular complexity index is 492. The molecule has 2 amide bonds. The molecular weight excluding hydrogens is 294 g/mol. The summed E-state index contributed by atoms with van der Waals surface area (Å²) >= 11 is 0. The smallest absolute Gasteiger partial charge is 0.320 e. The SMILES string of the molecule is O=C(NCCN1CCOCC1)Nc1ccnn1C1CCCCC1. The lowest BCUT2D eigenvalue weighted by Gasteiger charge is -2.26. The molecule has 23 heavy (non-hydrogen) atoms. The fourth-order valence-corrected chi connectivity index (χ4v) is 3.34. The number of morpholine rings is 1. The molecule has 1 saturated heterocycles. The highest BCUT2D eigenvalue weighted by Crippen LogP contribution is 2.29. The molecule has 1 aliphatic carbocycles. The molecule has 0 unspecified atom stereocenters. The van der Waals surface area contributed by atoms with Crippen LogP contribution in [0.5, 0.6) is 0 Å². The standard InChI is InChI=1S/C16H27N5O2/c22-16(17-8-9-20-10-12-23-13-11-20)19-15-6-7-18-21(15)14-4-2-1-3-5-14/h6-7,14H,1-5,8-13H2,(H2,17,19,22). The summed E-state index contributed by atoms with van der Waals surface area (Å²) in [7, 11) is 0. The quantitative estimate of drug-likeness (QED) is 0.868. The largest absolute Gasteiger partial charge is 0.379 e. The maximum absolute atomic E-state index is 12.1. The van der Waals surface area contributed by atoms with Gasteiger partial charge in [0.2, 0.25) is 0 Å². The number of nitrogens with one attached hydrogen (secondary N) is 2. The first kappa shape index (κ1) is 16.3. The third-order valence-electron chi connectivity index (χ3n) is 4.65. The van der Waals surface area contributed by atoms with E-state index in [0.29, 0.717) is 12.6 Å². The van der Waals surface area contributed by atoms with E-state index in [1.165, 1.54) is 19.3 Å². The molecule has 7 heteroatoms. The Morgan fingerprint density at radius 2 is 2.04 bits per heavy atom. The molecule has 0 aromatic carbocycles.